The Morgan fingerprint density at radius 2 is 1.90 bits per heavy atom. The molecule has 110 valence electrons. The topological polar surface area (TPSA) is 23.5 Å². The number of piperidine rings is 1. The van der Waals surface area contributed by atoms with Gasteiger partial charge in [0.25, 0.3) is 0 Å². The molecule has 2 aliphatic rings. The van der Waals surface area contributed by atoms with Crippen molar-refractivity contribution >= 4 is 15.9 Å². The Labute approximate surface area is 123 Å². The van der Waals surface area contributed by atoms with E-state index < -0.39 is 21.6 Å². The van der Waals surface area contributed by atoms with Crippen molar-refractivity contribution in [1.29, 1.82) is 0 Å². The number of nitrogens with zero attached hydrogens (tertiary/aromatic N) is 1. The minimum absolute atomic E-state index is 0.0831. The van der Waals surface area contributed by atoms with E-state index in [2.05, 4.69) is 15.9 Å². The normalized spacial score (nSPS) is 40.7. The van der Waals surface area contributed by atoms with Crippen molar-refractivity contribution in [1.82, 2.24) is 4.90 Å². The fourth-order valence-corrected chi connectivity index (χ4v) is 4.60. The molecule has 3 rings (SSSR count). The number of halogens is 4. The summed E-state index contributed by atoms with van der Waals surface area (Å²) in [7, 11) is 0. The maximum atomic E-state index is 13.5. The quantitative estimate of drug-likeness (QED) is 0.828. The molecule has 0 spiro atoms. The molecule has 0 amide bonds. The van der Waals surface area contributed by atoms with Gasteiger partial charge in [-0.15, -0.1) is 0 Å². The van der Waals surface area contributed by atoms with Crippen LogP contribution in [0.1, 0.15) is 18.9 Å². The summed E-state index contributed by atoms with van der Waals surface area (Å²) >= 11 is 3.17. The van der Waals surface area contributed by atoms with Crippen LogP contribution in [0.4, 0.5) is 13.2 Å². The molecule has 1 heterocycles. The molecule has 2 fully saturated rings. The molecule has 2 nitrogen and oxygen atoms in total. The Morgan fingerprint density at radius 3 is 2.45 bits per heavy atom. The zero-order chi connectivity index (χ0) is 14.8. The molecule has 0 aromatic heterocycles. The van der Waals surface area contributed by atoms with Crippen LogP contribution in [0.3, 0.4) is 0 Å². The second-order valence-electron chi connectivity index (χ2n) is 6.05. The first-order chi connectivity index (χ1) is 9.14. The third-order valence-electron chi connectivity index (χ3n) is 4.63. The van der Waals surface area contributed by atoms with Gasteiger partial charge in [-0.1, -0.05) is 53.2 Å². The van der Waals surface area contributed by atoms with Gasteiger partial charge in [0, 0.05) is 18.5 Å². The molecule has 20 heavy (non-hydrogen) atoms. The predicted octanol–water partition coefficient (Wildman–Crippen LogP) is 3.30. The summed E-state index contributed by atoms with van der Waals surface area (Å²) in [5.74, 6) is 0. The largest absolute Gasteiger partial charge is 0.432 e. The minimum atomic E-state index is -4.69. The SMILES string of the molecule is C[C@@]12CN(Cc3ccccc3)[C@](O)(C(F)(F)F)[C@]1(Br)C2. The molecule has 1 aliphatic heterocycles. The van der Waals surface area contributed by atoms with E-state index in [0.717, 1.165) is 10.5 Å². The monoisotopic (exact) mass is 349 g/mol. The molecule has 1 N–H and O–H groups in total. The number of likely N-dealkylation sites (tertiary alicyclic amines) is 1. The van der Waals surface area contributed by atoms with Crippen molar-refractivity contribution in [2.45, 2.75) is 36.1 Å². The Kier molecular flexibility index (Phi) is 2.86. The van der Waals surface area contributed by atoms with Crippen LogP contribution in [0.25, 0.3) is 0 Å². The lowest BCUT2D eigenvalue weighted by Crippen LogP contribution is -2.62. The van der Waals surface area contributed by atoms with Crippen molar-refractivity contribution in [3.63, 3.8) is 0 Å². The molecule has 0 unspecified atom stereocenters. The first-order valence-electron chi connectivity index (χ1n) is 6.41. The van der Waals surface area contributed by atoms with Crippen molar-refractivity contribution in [3.05, 3.63) is 35.9 Å². The molecule has 3 atom stereocenters. The zero-order valence-electron chi connectivity index (χ0n) is 10.9. The first kappa shape index (κ1) is 14.4. The fraction of sp³-hybridized carbons (Fsp3) is 0.571. The van der Waals surface area contributed by atoms with Gasteiger partial charge in [-0.2, -0.15) is 13.2 Å². The summed E-state index contributed by atoms with van der Waals surface area (Å²) < 4.78 is 39.1. The second-order valence-corrected chi connectivity index (χ2v) is 7.40. The smallest absolute Gasteiger partial charge is 0.367 e. The summed E-state index contributed by atoms with van der Waals surface area (Å²) in [6.07, 6.45) is -4.36. The molecular formula is C14H15BrF3NO. The van der Waals surface area contributed by atoms with E-state index in [1.54, 1.807) is 31.2 Å². The molecule has 0 radical (unpaired) electrons. The number of aliphatic hydroxyl groups is 1. The minimum Gasteiger partial charge on any atom is -0.367 e. The van der Waals surface area contributed by atoms with E-state index in [1.165, 1.54) is 0 Å². The molecular weight excluding hydrogens is 335 g/mol. The number of hydrogen-bond donors (Lipinski definition) is 1. The molecule has 1 aromatic rings. The molecule has 1 aliphatic carbocycles. The second kappa shape index (κ2) is 3.99. The van der Waals surface area contributed by atoms with Gasteiger partial charge in [-0.25, -0.2) is 0 Å². The Balaban J connectivity index is 1.95. The van der Waals surface area contributed by atoms with E-state index in [0.29, 0.717) is 6.42 Å². The van der Waals surface area contributed by atoms with Gasteiger partial charge in [-0.3, -0.25) is 4.90 Å². The van der Waals surface area contributed by atoms with E-state index in [1.807, 2.05) is 6.07 Å². The van der Waals surface area contributed by atoms with Crippen molar-refractivity contribution in [2.75, 3.05) is 6.54 Å². The molecule has 1 saturated heterocycles. The number of hydrogen-bond acceptors (Lipinski definition) is 2. The third-order valence-corrected chi connectivity index (χ3v) is 6.42. The first-order valence-corrected chi connectivity index (χ1v) is 7.20. The zero-order valence-corrected chi connectivity index (χ0v) is 12.5. The van der Waals surface area contributed by atoms with E-state index in [9.17, 15) is 18.3 Å². The summed E-state index contributed by atoms with van der Waals surface area (Å²) in [5.41, 5.74) is -2.59. The summed E-state index contributed by atoms with van der Waals surface area (Å²) in [6, 6.07) is 8.91. The van der Waals surface area contributed by atoms with Crippen LogP contribution in [0.5, 0.6) is 0 Å². The number of benzene rings is 1. The van der Waals surface area contributed by atoms with E-state index in [4.69, 9.17) is 0 Å². The summed E-state index contributed by atoms with van der Waals surface area (Å²) in [6.45, 7) is 2.09. The standard InChI is InChI=1S/C14H15BrF3NO/c1-11-8-12(11,15)13(20,14(16,17)18)19(9-11)7-10-5-3-2-4-6-10/h2-6,20H,7-9H2,1H3/t11-,12+,13-/m1/s1. The van der Waals surface area contributed by atoms with Gasteiger partial charge in [-0.05, 0) is 12.0 Å². The maximum Gasteiger partial charge on any atom is 0.432 e. The lowest BCUT2D eigenvalue weighted by Gasteiger charge is -2.40. The number of rotatable bonds is 2. The van der Waals surface area contributed by atoms with Gasteiger partial charge >= 0.3 is 6.18 Å². The molecule has 0 bridgehead atoms. The Hall–Kier alpha value is -0.590. The van der Waals surface area contributed by atoms with Gasteiger partial charge in [0.05, 0.1) is 4.32 Å². The van der Waals surface area contributed by atoms with Crippen LogP contribution in [-0.2, 0) is 6.54 Å². The Morgan fingerprint density at radius 1 is 1.30 bits per heavy atom. The molecule has 6 heteroatoms. The van der Waals surface area contributed by atoms with Gasteiger partial charge in [0.2, 0.25) is 5.72 Å². The fourth-order valence-electron chi connectivity index (χ4n) is 3.38. The van der Waals surface area contributed by atoms with Gasteiger partial charge in [0.1, 0.15) is 0 Å². The molecule has 1 saturated carbocycles. The number of fused-ring (bicyclic) bond motifs is 1. The van der Waals surface area contributed by atoms with Crippen LogP contribution in [0.15, 0.2) is 30.3 Å². The van der Waals surface area contributed by atoms with E-state index in [-0.39, 0.29) is 13.1 Å². The van der Waals surface area contributed by atoms with Crippen molar-refractivity contribution < 1.29 is 18.3 Å². The molecule has 1 aromatic carbocycles. The highest BCUT2D eigenvalue weighted by molar-refractivity contribution is 9.10. The van der Waals surface area contributed by atoms with Crippen LogP contribution < -0.4 is 0 Å². The van der Waals surface area contributed by atoms with E-state index >= 15 is 0 Å². The number of alkyl halides is 4. The van der Waals surface area contributed by atoms with Crippen LogP contribution >= 0.6 is 15.9 Å². The highest BCUT2D eigenvalue weighted by Gasteiger charge is 2.86. The van der Waals surface area contributed by atoms with Gasteiger partial charge in [0.15, 0.2) is 0 Å². The maximum absolute atomic E-state index is 13.5. The van der Waals surface area contributed by atoms with Crippen LogP contribution in [-0.4, -0.2) is 32.8 Å². The van der Waals surface area contributed by atoms with Crippen molar-refractivity contribution in [3.8, 4) is 0 Å². The highest BCUT2D eigenvalue weighted by Crippen LogP contribution is 2.75. The average Bonchev–Trinajstić information content (AvgIpc) is 2.85. The Bertz CT molecular complexity index is 537. The summed E-state index contributed by atoms with van der Waals surface area (Å²) in [5, 5.41) is 10.4. The van der Waals surface area contributed by atoms with Crippen LogP contribution in [0.2, 0.25) is 0 Å². The third kappa shape index (κ3) is 1.64. The lowest BCUT2D eigenvalue weighted by molar-refractivity contribution is -0.311. The van der Waals surface area contributed by atoms with Crippen LogP contribution in [0, 0.1) is 5.41 Å². The average molecular weight is 350 g/mol. The summed E-state index contributed by atoms with van der Waals surface area (Å²) in [4.78, 5) is 1.14. The van der Waals surface area contributed by atoms with Gasteiger partial charge < -0.3 is 5.11 Å². The lowest BCUT2D eigenvalue weighted by atomic mass is 10.0. The predicted molar refractivity (Wildman–Crippen MR) is 72.2 cm³/mol. The van der Waals surface area contributed by atoms with Crippen molar-refractivity contribution in [2.24, 2.45) is 5.41 Å². The highest BCUT2D eigenvalue weighted by atomic mass is 79.9.